The molecule has 1 unspecified atom stereocenters. The number of aliphatic hydroxyl groups is 4. The number of fused-ring (bicyclic) bond motifs is 4. The normalized spacial score (nSPS) is 14.4. The molecule has 0 heterocycles. The van der Waals surface area contributed by atoms with E-state index in [-0.39, 0.29) is 91.5 Å². The van der Waals surface area contributed by atoms with Gasteiger partial charge in [-0.2, -0.15) is 0 Å². The summed E-state index contributed by atoms with van der Waals surface area (Å²) in [6.07, 6.45) is 37.4. The van der Waals surface area contributed by atoms with Gasteiger partial charge in [-0.1, -0.05) is 256 Å². The highest BCUT2D eigenvalue weighted by Crippen LogP contribution is 2.43. The summed E-state index contributed by atoms with van der Waals surface area (Å²) < 4.78 is 0. The molecule has 133 heavy (non-hydrogen) atoms. The highest BCUT2D eigenvalue weighted by Gasteiger charge is 2.33. The van der Waals surface area contributed by atoms with Crippen LogP contribution in [0.15, 0.2) is 246 Å². The van der Waals surface area contributed by atoms with Crippen molar-refractivity contribution in [1.29, 1.82) is 0 Å². The summed E-state index contributed by atoms with van der Waals surface area (Å²) >= 11 is 0. The molecule has 0 amide bonds. The lowest BCUT2D eigenvalue weighted by molar-refractivity contribution is -0.117. The summed E-state index contributed by atoms with van der Waals surface area (Å²) in [6, 6.07) is 29.1. The van der Waals surface area contributed by atoms with Crippen molar-refractivity contribution in [3.8, 4) is 34.5 Å². The Hall–Kier alpha value is -11.7. The number of carbonyl (C=O) groups is 6. The monoisotopic (exact) mass is 1810 g/mol. The van der Waals surface area contributed by atoms with Crippen LogP contribution in [0.25, 0.3) is 21.5 Å². The van der Waals surface area contributed by atoms with Crippen molar-refractivity contribution in [2.45, 2.75) is 294 Å². The minimum absolute atomic E-state index is 0.00588. The van der Waals surface area contributed by atoms with Crippen LogP contribution in [0.5, 0.6) is 34.5 Å². The van der Waals surface area contributed by atoms with Crippen molar-refractivity contribution in [2.75, 3.05) is 13.2 Å². The van der Waals surface area contributed by atoms with Gasteiger partial charge in [-0.25, -0.2) is 0 Å². The maximum absolute atomic E-state index is 12.7. The smallest absolute Gasteiger partial charge is 0.190 e. The van der Waals surface area contributed by atoms with Gasteiger partial charge in [-0.05, 0) is 249 Å². The average molecular weight is 1810 g/mol. The van der Waals surface area contributed by atoms with Crippen molar-refractivity contribution in [3.63, 3.8) is 0 Å². The van der Waals surface area contributed by atoms with E-state index in [4.69, 9.17) is 5.11 Å². The molecular formula is C117H150O16. The SMILES string of the molecule is CC(C)=CCC/C(C)=C/CC1=C(C)C(=O)c2ccccc2C1=O.CC/C(C)=C/CC/C(C)=C/Cc1c(C)c(O)c2ccccc2c1O.CC/C(C)=C/CC/C(C)=C/Cc1c(C)c(O)c2ccccc2c1O.CC/C(C)=C/CC1=C(C)C(=O)C(CO)=C(CO)C1=O.CC/C(C)=C/Cc1c(C)c(O)c(CO)c(CO)c1O.CCC(C)CCC/C(C)=C/CC1=C(C)C(=O)c2ccccc2C1=O. The Kier molecular flexibility index (Phi) is 46.9. The maximum Gasteiger partial charge on any atom is 0.190 e. The highest BCUT2D eigenvalue weighted by molar-refractivity contribution is 6.28. The molecule has 0 radical (unpaired) electrons. The van der Waals surface area contributed by atoms with Crippen molar-refractivity contribution in [1.82, 2.24) is 0 Å². The predicted octanol–water partition coefficient (Wildman–Crippen LogP) is 27.5. The number of aromatic hydroxyl groups is 6. The topological polar surface area (TPSA) is 305 Å². The minimum atomic E-state index is -0.520. The molecule has 7 aromatic carbocycles. The Labute approximate surface area is 792 Å². The van der Waals surface area contributed by atoms with E-state index in [0.717, 1.165) is 104 Å². The Balaban J connectivity index is 0.000000283. The molecule has 16 heteroatoms. The molecule has 0 saturated carbocycles. The number of carbonyl (C=O) groups excluding carboxylic acids is 6. The molecule has 0 aromatic heterocycles. The van der Waals surface area contributed by atoms with E-state index in [0.29, 0.717) is 127 Å². The average Bonchev–Trinajstić information content (AvgIpc) is 0.803. The summed E-state index contributed by atoms with van der Waals surface area (Å²) in [4.78, 5) is 74.5. The van der Waals surface area contributed by atoms with Gasteiger partial charge < -0.3 is 51.1 Å². The molecule has 3 aliphatic carbocycles. The second-order valence-corrected chi connectivity index (χ2v) is 35.8. The number of hydrogen-bond donors (Lipinski definition) is 10. The van der Waals surface area contributed by atoms with Crippen molar-refractivity contribution in [2.24, 2.45) is 5.92 Å². The van der Waals surface area contributed by atoms with E-state index < -0.39 is 26.4 Å². The largest absolute Gasteiger partial charge is 0.507 e. The van der Waals surface area contributed by atoms with E-state index in [1.807, 2.05) is 120 Å². The number of hydrogen-bond acceptors (Lipinski definition) is 16. The minimum Gasteiger partial charge on any atom is -0.507 e. The van der Waals surface area contributed by atoms with Gasteiger partial charge >= 0.3 is 0 Å². The van der Waals surface area contributed by atoms with Crippen LogP contribution in [0, 0.1) is 26.7 Å². The Morgan fingerprint density at radius 3 is 0.917 bits per heavy atom. The fraction of sp³-hybridized carbons (Fsp3) is 0.402. The molecule has 0 bridgehead atoms. The van der Waals surface area contributed by atoms with Gasteiger partial charge in [-0.15, -0.1) is 0 Å². The zero-order valence-electron chi connectivity index (χ0n) is 83.4. The van der Waals surface area contributed by atoms with Crippen molar-refractivity contribution >= 4 is 56.2 Å². The summed E-state index contributed by atoms with van der Waals surface area (Å²) in [7, 11) is 0. The molecule has 714 valence electrons. The van der Waals surface area contributed by atoms with Crippen molar-refractivity contribution < 1.29 is 79.8 Å². The molecule has 3 aliphatic rings. The van der Waals surface area contributed by atoms with Crippen LogP contribution >= 0.6 is 0 Å². The quantitative estimate of drug-likeness (QED) is 0.0102. The number of ketones is 6. The van der Waals surface area contributed by atoms with E-state index in [9.17, 15) is 74.7 Å². The van der Waals surface area contributed by atoms with Crippen LogP contribution in [0.4, 0.5) is 0 Å². The molecular weight excluding hydrogens is 1660 g/mol. The molecule has 0 spiro atoms. The molecule has 0 aliphatic heterocycles. The van der Waals surface area contributed by atoms with Gasteiger partial charge in [0.15, 0.2) is 34.7 Å². The second-order valence-electron chi connectivity index (χ2n) is 35.8. The van der Waals surface area contributed by atoms with Gasteiger partial charge in [0, 0.05) is 116 Å². The molecule has 10 rings (SSSR count). The van der Waals surface area contributed by atoms with Gasteiger partial charge in [0.05, 0.1) is 26.4 Å². The predicted molar refractivity (Wildman–Crippen MR) is 547 cm³/mol. The zero-order chi connectivity index (χ0) is 99.2. The van der Waals surface area contributed by atoms with Crippen LogP contribution in [0.2, 0.25) is 0 Å². The number of phenols is 6. The second kappa shape index (κ2) is 55.7. The molecule has 0 saturated heterocycles. The van der Waals surface area contributed by atoms with E-state index in [1.165, 1.54) is 63.8 Å². The maximum atomic E-state index is 12.7. The number of allylic oxidation sites excluding steroid dienone is 24. The third kappa shape index (κ3) is 31.2. The summed E-state index contributed by atoms with van der Waals surface area (Å²) in [6.45, 7) is 42.6. The number of aliphatic hydroxyl groups excluding tert-OH is 4. The van der Waals surface area contributed by atoms with Gasteiger partial charge in [0.1, 0.15) is 34.5 Å². The van der Waals surface area contributed by atoms with E-state index in [2.05, 4.69) is 126 Å². The number of phenolic OH excluding ortho intramolecular Hbond substituents is 4. The fourth-order valence-corrected chi connectivity index (χ4v) is 15.7. The van der Waals surface area contributed by atoms with Gasteiger partial charge in [-0.3, -0.25) is 28.8 Å². The lowest BCUT2D eigenvalue weighted by atomic mass is 9.83. The Bertz CT molecular complexity index is 5640. The van der Waals surface area contributed by atoms with E-state index >= 15 is 0 Å². The summed E-state index contributed by atoms with van der Waals surface area (Å²) in [5, 5.41) is 102. The third-order valence-corrected chi connectivity index (χ3v) is 25.9. The number of benzene rings is 7. The molecule has 10 N–H and O–H groups in total. The van der Waals surface area contributed by atoms with E-state index in [1.54, 1.807) is 58.0 Å². The Morgan fingerprint density at radius 2 is 0.564 bits per heavy atom. The molecule has 0 fully saturated rings. The number of Topliss-reactive ketones (excluding diaryl/α,β-unsaturated/α-hetero) is 6. The summed E-state index contributed by atoms with van der Waals surface area (Å²) in [5.41, 5.74) is 21.8. The van der Waals surface area contributed by atoms with Crippen LogP contribution in [-0.2, 0) is 42.1 Å². The van der Waals surface area contributed by atoms with Crippen LogP contribution in [0.3, 0.4) is 0 Å². The lowest BCUT2D eigenvalue weighted by Gasteiger charge is -2.19. The van der Waals surface area contributed by atoms with Gasteiger partial charge in [0.25, 0.3) is 0 Å². The first-order valence-electron chi connectivity index (χ1n) is 47.2. The first-order valence-corrected chi connectivity index (χ1v) is 47.2. The lowest BCUT2D eigenvalue weighted by Crippen LogP contribution is -2.26. The van der Waals surface area contributed by atoms with Crippen LogP contribution in [-0.4, -0.2) is 99.0 Å². The van der Waals surface area contributed by atoms with Crippen molar-refractivity contribution in [3.05, 3.63) is 313 Å². The van der Waals surface area contributed by atoms with Gasteiger partial charge in [0.2, 0.25) is 0 Å². The van der Waals surface area contributed by atoms with Crippen LogP contribution in [0.1, 0.15) is 327 Å². The molecule has 7 aromatic rings. The molecule has 1 atom stereocenters. The fourth-order valence-electron chi connectivity index (χ4n) is 15.7. The zero-order valence-corrected chi connectivity index (χ0v) is 83.4. The Morgan fingerprint density at radius 1 is 0.286 bits per heavy atom. The third-order valence-electron chi connectivity index (χ3n) is 25.9. The molecule has 16 nitrogen and oxygen atoms in total. The summed E-state index contributed by atoms with van der Waals surface area (Å²) in [5.74, 6) is 1.08. The first kappa shape index (κ1) is 112. The first-order chi connectivity index (χ1) is 63.2. The number of rotatable bonds is 34. The standard InChI is InChI=1S/3C22H28O2.C21H24O2.C15H22O4.C15H20O4/c3*1-5-15(2)9-8-10-16(3)13-14-18-17(4)21(23)19-11-6-7-12-20(19)22(18)24;1-14(2)8-7-9-15(3)12-13-17-16(4)20(22)18-10-5-6-11-19(18)21(17)23;2*1-4-9(2)5-6-11-10(3)14(18)12(7-16)13(8-17)15(11)19/h6-7,11-13,15H,5,8-10,14H2,1-4H3;2*6-7,9,11-13,23-24H,5,8,10,14H2,1-4H3;5-6,8,10-12H,7,9,13H2,1-4H3;5,16-19H,4,6-8H2,1-3H3;5,16-17H,4,6-8H2,1-3H3/b16-13+;2*15-9+,16-13+;15-12+;2*9-5+. The van der Waals surface area contributed by atoms with Crippen LogP contribution < -0.4 is 0 Å². The highest BCUT2D eigenvalue weighted by atomic mass is 16.3.